The number of likely N-dealkylation sites (tertiary alicyclic amines) is 1. The molecule has 3 rings (SSSR count). The zero-order chi connectivity index (χ0) is 14.8. The van der Waals surface area contributed by atoms with Gasteiger partial charge >= 0.3 is 0 Å². The second kappa shape index (κ2) is 5.65. The van der Waals surface area contributed by atoms with Crippen LogP contribution in [-0.4, -0.2) is 44.9 Å². The molecule has 1 saturated heterocycles. The fraction of sp³-hybridized carbons (Fsp3) is 0.400. The summed E-state index contributed by atoms with van der Waals surface area (Å²) in [5.41, 5.74) is 8.16. The molecule has 1 aliphatic heterocycles. The first kappa shape index (κ1) is 13.8. The molecule has 0 saturated carbocycles. The number of nitrogens with zero attached hydrogens (tertiary/aromatic N) is 4. The van der Waals surface area contributed by atoms with E-state index in [1.807, 2.05) is 36.1 Å². The summed E-state index contributed by atoms with van der Waals surface area (Å²) in [4.78, 5) is 14.3. The van der Waals surface area contributed by atoms with E-state index in [4.69, 9.17) is 5.73 Å². The maximum absolute atomic E-state index is 12.5. The van der Waals surface area contributed by atoms with Crippen molar-refractivity contribution in [3.63, 3.8) is 0 Å². The van der Waals surface area contributed by atoms with Gasteiger partial charge in [0.1, 0.15) is 0 Å². The van der Waals surface area contributed by atoms with Crippen molar-refractivity contribution in [3.8, 4) is 5.69 Å². The smallest absolute Gasteiger partial charge is 0.276 e. The first-order valence-corrected chi connectivity index (χ1v) is 7.19. The minimum Gasteiger partial charge on any atom is -0.333 e. The van der Waals surface area contributed by atoms with Gasteiger partial charge in [0.15, 0.2) is 5.69 Å². The summed E-state index contributed by atoms with van der Waals surface area (Å²) >= 11 is 0. The van der Waals surface area contributed by atoms with Crippen molar-refractivity contribution < 1.29 is 4.79 Å². The Bertz CT molecular complexity index is 634. The average molecular weight is 285 g/mol. The van der Waals surface area contributed by atoms with E-state index in [0.29, 0.717) is 12.2 Å². The highest BCUT2D eigenvalue weighted by Gasteiger charge is 2.29. The summed E-state index contributed by atoms with van der Waals surface area (Å²) in [7, 11) is 0. The molecule has 1 fully saturated rings. The summed E-state index contributed by atoms with van der Waals surface area (Å²) in [6.45, 7) is 3.27. The van der Waals surface area contributed by atoms with Gasteiger partial charge in [0.05, 0.1) is 11.9 Å². The number of carbonyl (C=O) groups excluding carboxylic acids is 1. The fourth-order valence-corrected chi connectivity index (χ4v) is 2.68. The van der Waals surface area contributed by atoms with Crippen LogP contribution in [0, 0.1) is 6.92 Å². The molecule has 21 heavy (non-hydrogen) atoms. The van der Waals surface area contributed by atoms with Crippen LogP contribution in [0.4, 0.5) is 0 Å². The number of hydrogen-bond donors (Lipinski definition) is 1. The number of amides is 1. The number of benzene rings is 1. The summed E-state index contributed by atoms with van der Waals surface area (Å²) < 4.78 is 1.63. The molecule has 6 heteroatoms. The van der Waals surface area contributed by atoms with Gasteiger partial charge in [-0.25, -0.2) is 4.68 Å². The highest BCUT2D eigenvalue weighted by atomic mass is 16.2. The molecule has 1 aromatic heterocycles. The van der Waals surface area contributed by atoms with Crippen molar-refractivity contribution >= 4 is 5.91 Å². The molecule has 1 amide bonds. The van der Waals surface area contributed by atoms with Gasteiger partial charge in [-0.05, 0) is 31.9 Å². The van der Waals surface area contributed by atoms with E-state index in [1.54, 1.807) is 10.9 Å². The van der Waals surface area contributed by atoms with Gasteiger partial charge in [-0.3, -0.25) is 4.79 Å². The van der Waals surface area contributed by atoms with Crippen LogP contribution in [0.2, 0.25) is 0 Å². The van der Waals surface area contributed by atoms with Crippen molar-refractivity contribution in [2.24, 2.45) is 5.73 Å². The molecule has 2 N–H and O–H groups in total. The third-order valence-electron chi connectivity index (χ3n) is 3.92. The monoisotopic (exact) mass is 285 g/mol. The first-order chi connectivity index (χ1) is 10.2. The molecule has 0 bridgehead atoms. The van der Waals surface area contributed by atoms with Crippen LogP contribution < -0.4 is 5.73 Å². The standard InChI is InChI=1S/C15H19N5O/c1-11-4-6-12(7-5-11)20-10-14(17-18-20)15(21)19-8-2-3-13(19)9-16/h4-7,10,13H,2-3,8-9,16H2,1H3. The maximum Gasteiger partial charge on any atom is 0.276 e. The third kappa shape index (κ3) is 2.67. The molecular formula is C15H19N5O. The molecule has 1 aromatic carbocycles. The maximum atomic E-state index is 12.5. The molecule has 6 nitrogen and oxygen atoms in total. The number of aryl methyl sites for hydroxylation is 1. The molecule has 1 aliphatic rings. The van der Waals surface area contributed by atoms with Crippen LogP contribution in [0.3, 0.4) is 0 Å². The Morgan fingerprint density at radius 2 is 2.14 bits per heavy atom. The van der Waals surface area contributed by atoms with E-state index in [1.165, 1.54) is 5.56 Å². The molecule has 2 heterocycles. The minimum atomic E-state index is -0.0821. The Morgan fingerprint density at radius 1 is 1.38 bits per heavy atom. The zero-order valence-electron chi connectivity index (χ0n) is 12.1. The lowest BCUT2D eigenvalue weighted by Crippen LogP contribution is -2.40. The summed E-state index contributed by atoms with van der Waals surface area (Å²) in [5.74, 6) is -0.0821. The quantitative estimate of drug-likeness (QED) is 0.917. The summed E-state index contributed by atoms with van der Waals surface area (Å²) in [5, 5.41) is 8.06. The van der Waals surface area contributed by atoms with E-state index in [2.05, 4.69) is 10.3 Å². The van der Waals surface area contributed by atoms with Crippen LogP contribution in [0.1, 0.15) is 28.9 Å². The van der Waals surface area contributed by atoms with Gasteiger partial charge < -0.3 is 10.6 Å². The number of carbonyl (C=O) groups is 1. The lowest BCUT2D eigenvalue weighted by molar-refractivity contribution is 0.0735. The number of hydrogen-bond acceptors (Lipinski definition) is 4. The number of aromatic nitrogens is 3. The SMILES string of the molecule is Cc1ccc(-n2cc(C(=O)N3CCCC3CN)nn2)cc1. The van der Waals surface area contributed by atoms with E-state index in [9.17, 15) is 4.79 Å². The highest BCUT2D eigenvalue weighted by molar-refractivity contribution is 5.92. The van der Waals surface area contributed by atoms with Crippen molar-refractivity contribution in [1.82, 2.24) is 19.9 Å². The van der Waals surface area contributed by atoms with Gasteiger partial charge in [-0.1, -0.05) is 22.9 Å². The Hall–Kier alpha value is -2.21. The van der Waals surface area contributed by atoms with E-state index < -0.39 is 0 Å². The summed E-state index contributed by atoms with van der Waals surface area (Å²) in [6.07, 6.45) is 3.65. The predicted molar refractivity (Wildman–Crippen MR) is 79.2 cm³/mol. The summed E-state index contributed by atoms with van der Waals surface area (Å²) in [6, 6.07) is 8.04. The molecule has 1 atom stereocenters. The van der Waals surface area contributed by atoms with Gasteiger partial charge in [0, 0.05) is 19.1 Å². The number of nitrogens with two attached hydrogens (primary N) is 1. The highest BCUT2D eigenvalue weighted by Crippen LogP contribution is 2.19. The van der Waals surface area contributed by atoms with E-state index in [0.717, 1.165) is 25.1 Å². The molecule has 110 valence electrons. The van der Waals surface area contributed by atoms with Crippen molar-refractivity contribution in [2.45, 2.75) is 25.8 Å². The largest absolute Gasteiger partial charge is 0.333 e. The Balaban J connectivity index is 1.81. The van der Waals surface area contributed by atoms with Crippen LogP contribution >= 0.6 is 0 Å². The topological polar surface area (TPSA) is 77.0 Å². The van der Waals surface area contributed by atoms with Gasteiger partial charge in [-0.2, -0.15) is 0 Å². The zero-order valence-corrected chi connectivity index (χ0v) is 12.1. The van der Waals surface area contributed by atoms with E-state index in [-0.39, 0.29) is 11.9 Å². The molecule has 0 radical (unpaired) electrons. The Morgan fingerprint density at radius 3 is 2.86 bits per heavy atom. The third-order valence-corrected chi connectivity index (χ3v) is 3.92. The molecule has 0 aliphatic carbocycles. The van der Waals surface area contributed by atoms with Gasteiger partial charge in [-0.15, -0.1) is 5.10 Å². The lowest BCUT2D eigenvalue weighted by Gasteiger charge is -2.22. The van der Waals surface area contributed by atoms with Gasteiger partial charge in [0.25, 0.3) is 5.91 Å². The fourth-order valence-electron chi connectivity index (χ4n) is 2.68. The molecule has 2 aromatic rings. The minimum absolute atomic E-state index is 0.0821. The second-order valence-corrected chi connectivity index (χ2v) is 5.41. The van der Waals surface area contributed by atoms with Gasteiger partial charge in [0.2, 0.25) is 0 Å². The predicted octanol–water partition coefficient (Wildman–Crippen LogP) is 1.14. The van der Waals surface area contributed by atoms with E-state index >= 15 is 0 Å². The van der Waals surface area contributed by atoms with Crippen LogP contribution in [-0.2, 0) is 0 Å². The normalized spacial score (nSPS) is 18.2. The first-order valence-electron chi connectivity index (χ1n) is 7.19. The molecular weight excluding hydrogens is 266 g/mol. The van der Waals surface area contributed by atoms with Crippen molar-refractivity contribution in [2.75, 3.05) is 13.1 Å². The van der Waals surface area contributed by atoms with Crippen LogP contribution in [0.15, 0.2) is 30.5 Å². The molecule has 1 unspecified atom stereocenters. The Kier molecular flexibility index (Phi) is 3.70. The average Bonchev–Trinajstić information content (AvgIpc) is 3.16. The van der Waals surface area contributed by atoms with Crippen LogP contribution in [0.25, 0.3) is 5.69 Å². The molecule has 0 spiro atoms. The second-order valence-electron chi connectivity index (χ2n) is 5.41. The van der Waals surface area contributed by atoms with Crippen molar-refractivity contribution in [3.05, 3.63) is 41.7 Å². The number of rotatable bonds is 3. The Labute approximate surface area is 123 Å². The lowest BCUT2D eigenvalue weighted by atomic mass is 10.2. The van der Waals surface area contributed by atoms with Crippen LogP contribution in [0.5, 0.6) is 0 Å². The van der Waals surface area contributed by atoms with Crippen molar-refractivity contribution in [1.29, 1.82) is 0 Å².